The van der Waals surface area contributed by atoms with Crippen LogP contribution in [0.2, 0.25) is 0 Å². The molecule has 0 saturated heterocycles. The number of aromatic nitrogens is 2. The van der Waals surface area contributed by atoms with Gasteiger partial charge in [-0.1, -0.05) is 30.3 Å². The summed E-state index contributed by atoms with van der Waals surface area (Å²) >= 11 is 0. The first kappa shape index (κ1) is 16.2. The molecule has 0 radical (unpaired) electrons. The number of carboxylic acids is 1. The van der Waals surface area contributed by atoms with E-state index in [1.807, 2.05) is 35.0 Å². The number of aryl methyl sites for hydroxylation is 1. The maximum absolute atomic E-state index is 12.7. The van der Waals surface area contributed by atoms with Crippen LogP contribution in [0.15, 0.2) is 36.5 Å². The number of nitrogens with zero attached hydrogens (tertiary/aromatic N) is 2. The quantitative estimate of drug-likeness (QED) is 0.854. The van der Waals surface area contributed by atoms with Crippen molar-refractivity contribution < 1.29 is 14.7 Å². The number of rotatable bonds is 6. The third kappa shape index (κ3) is 3.64. The van der Waals surface area contributed by atoms with E-state index in [2.05, 4.69) is 10.4 Å². The van der Waals surface area contributed by atoms with Crippen LogP contribution < -0.4 is 5.32 Å². The first-order valence-corrected chi connectivity index (χ1v) is 8.27. The molecule has 6 nitrogen and oxygen atoms in total. The predicted octanol–water partition coefficient (Wildman–Crippen LogP) is 2.56. The van der Waals surface area contributed by atoms with Crippen molar-refractivity contribution in [2.75, 3.05) is 0 Å². The Hall–Kier alpha value is -2.63. The molecule has 1 aliphatic rings. The minimum atomic E-state index is -0.868. The maximum Gasteiger partial charge on any atom is 0.303 e. The normalized spacial score (nSPS) is 14.7. The van der Waals surface area contributed by atoms with Crippen molar-refractivity contribution in [3.8, 4) is 0 Å². The molecule has 1 aromatic heterocycles. The van der Waals surface area contributed by atoms with Crippen LogP contribution in [-0.4, -0.2) is 26.8 Å². The van der Waals surface area contributed by atoms with Crippen molar-refractivity contribution in [2.45, 2.75) is 44.7 Å². The van der Waals surface area contributed by atoms with Gasteiger partial charge in [-0.25, -0.2) is 0 Å². The molecule has 2 aromatic rings. The van der Waals surface area contributed by atoms with Gasteiger partial charge in [-0.3, -0.25) is 14.3 Å². The lowest BCUT2D eigenvalue weighted by molar-refractivity contribution is -0.137. The number of hydrogen-bond donors (Lipinski definition) is 2. The standard InChI is InChI=1S/C18H21N3O3/c22-17(23)10-9-15(13-6-2-1-3-7-13)20-18(24)14-12-19-21-11-5-4-8-16(14)21/h1-3,6-7,12,15H,4-5,8-11H2,(H,20,24)(H,22,23). The van der Waals surface area contributed by atoms with Crippen LogP contribution in [-0.2, 0) is 17.8 Å². The van der Waals surface area contributed by atoms with Crippen molar-refractivity contribution in [3.63, 3.8) is 0 Å². The molecule has 0 saturated carbocycles. The highest BCUT2D eigenvalue weighted by molar-refractivity contribution is 5.95. The van der Waals surface area contributed by atoms with E-state index in [4.69, 9.17) is 5.11 Å². The SMILES string of the molecule is O=C(O)CCC(NC(=O)c1cnn2c1CCCC2)c1ccccc1. The van der Waals surface area contributed by atoms with Gasteiger partial charge in [0.1, 0.15) is 0 Å². The number of carbonyl (C=O) groups excluding carboxylic acids is 1. The van der Waals surface area contributed by atoms with Crippen LogP contribution in [0.1, 0.15) is 53.3 Å². The van der Waals surface area contributed by atoms with Crippen LogP contribution in [0.25, 0.3) is 0 Å². The van der Waals surface area contributed by atoms with Crippen LogP contribution in [0.3, 0.4) is 0 Å². The molecule has 3 rings (SSSR count). The highest BCUT2D eigenvalue weighted by atomic mass is 16.4. The molecule has 1 atom stereocenters. The lowest BCUT2D eigenvalue weighted by Gasteiger charge is -2.19. The highest BCUT2D eigenvalue weighted by Gasteiger charge is 2.23. The van der Waals surface area contributed by atoms with E-state index in [0.29, 0.717) is 12.0 Å². The molecule has 1 amide bonds. The second-order valence-corrected chi connectivity index (χ2v) is 6.05. The third-order valence-electron chi connectivity index (χ3n) is 4.38. The molecule has 2 heterocycles. The zero-order valence-corrected chi connectivity index (χ0v) is 13.4. The van der Waals surface area contributed by atoms with Gasteiger partial charge in [0, 0.05) is 13.0 Å². The molecule has 0 fully saturated rings. The Morgan fingerprint density at radius 2 is 2.04 bits per heavy atom. The van der Waals surface area contributed by atoms with Crippen LogP contribution in [0.5, 0.6) is 0 Å². The lowest BCUT2D eigenvalue weighted by Crippen LogP contribution is -2.30. The van der Waals surface area contributed by atoms with Crippen LogP contribution in [0.4, 0.5) is 0 Å². The minimum absolute atomic E-state index is 0.00591. The van der Waals surface area contributed by atoms with Crippen molar-refractivity contribution in [2.24, 2.45) is 0 Å². The Labute approximate surface area is 140 Å². The summed E-state index contributed by atoms with van der Waals surface area (Å²) in [7, 11) is 0. The average Bonchev–Trinajstić information content (AvgIpc) is 3.03. The van der Waals surface area contributed by atoms with E-state index >= 15 is 0 Å². The molecule has 2 N–H and O–H groups in total. The Bertz CT molecular complexity index is 724. The van der Waals surface area contributed by atoms with E-state index in [-0.39, 0.29) is 18.4 Å². The fraction of sp³-hybridized carbons (Fsp3) is 0.389. The van der Waals surface area contributed by atoms with E-state index < -0.39 is 5.97 Å². The summed E-state index contributed by atoms with van der Waals surface area (Å²) in [4.78, 5) is 23.6. The fourth-order valence-corrected chi connectivity index (χ4v) is 3.12. The van der Waals surface area contributed by atoms with Gasteiger partial charge in [0.05, 0.1) is 23.5 Å². The van der Waals surface area contributed by atoms with Crippen molar-refractivity contribution in [1.29, 1.82) is 0 Å². The van der Waals surface area contributed by atoms with Gasteiger partial charge in [-0.15, -0.1) is 0 Å². The fourth-order valence-electron chi connectivity index (χ4n) is 3.12. The summed E-state index contributed by atoms with van der Waals surface area (Å²) in [5.74, 6) is -1.05. The summed E-state index contributed by atoms with van der Waals surface area (Å²) in [6.07, 6.45) is 4.98. The lowest BCUT2D eigenvalue weighted by atomic mass is 10.0. The smallest absolute Gasteiger partial charge is 0.303 e. The Morgan fingerprint density at radius 1 is 1.25 bits per heavy atom. The molecule has 126 valence electrons. The number of amides is 1. The maximum atomic E-state index is 12.7. The molecular formula is C18H21N3O3. The minimum Gasteiger partial charge on any atom is -0.481 e. The Kier molecular flexibility index (Phi) is 4.93. The van der Waals surface area contributed by atoms with E-state index in [1.165, 1.54) is 0 Å². The summed E-state index contributed by atoms with van der Waals surface area (Å²) < 4.78 is 1.90. The second kappa shape index (κ2) is 7.29. The van der Waals surface area contributed by atoms with Crippen LogP contribution in [0, 0.1) is 0 Å². The van der Waals surface area contributed by atoms with Crippen molar-refractivity contribution >= 4 is 11.9 Å². The highest BCUT2D eigenvalue weighted by Crippen LogP contribution is 2.22. The molecule has 1 aliphatic heterocycles. The number of fused-ring (bicyclic) bond motifs is 1. The van der Waals surface area contributed by atoms with Gasteiger partial charge in [-0.05, 0) is 31.2 Å². The molecule has 0 aliphatic carbocycles. The van der Waals surface area contributed by atoms with Crippen molar-refractivity contribution in [1.82, 2.24) is 15.1 Å². The number of benzene rings is 1. The predicted molar refractivity (Wildman–Crippen MR) is 88.7 cm³/mol. The van der Waals surface area contributed by atoms with E-state index in [0.717, 1.165) is 37.1 Å². The number of carbonyl (C=O) groups is 2. The molecule has 6 heteroatoms. The van der Waals surface area contributed by atoms with Crippen molar-refractivity contribution in [3.05, 3.63) is 53.3 Å². The molecule has 1 aromatic carbocycles. The summed E-state index contributed by atoms with van der Waals surface area (Å²) in [6.45, 7) is 0.851. The van der Waals surface area contributed by atoms with E-state index in [9.17, 15) is 9.59 Å². The molecule has 0 spiro atoms. The van der Waals surface area contributed by atoms with Gasteiger partial charge in [-0.2, -0.15) is 5.10 Å². The Morgan fingerprint density at radius 3 is 2.79 bits per heavy atom. The van der Waals surface area contributed by atoms with Gasteiger partial charge in [0.2, 0.25) is 0 Å². The molecule has 24 heavy (non-hydrogen) atoms. The first-order chi connectivity index (χ1) is 11.6. The van der Waals surface area contributed by atoms with Gasteiger partial charge in [0.25, 0.3) is 5.91 Å². The monoisotopic (exact) mass is 327 g/mol. The Balaban J connectivity index is 1.77. The van der Waals surface area contributed by atoms with Gasteiger partial charge in [0.15, 0.2) is 0 Å². The molecular weight excluding hydrogens is 306 g/mol. The number of hydrogen-bond acceptors (Lipinski definition) is 3. The van der Waals surface area contributed by atoms with Crippen LogP contribution >= 0.6 is 0 Å². The zero-order valence-electron chi connectivity index (χ0n) is 13.4. The second-order valence-electron chi connectivity index (χ2n) is 6.05. The number of carboxylic acid groups (broad SMARTS) is 1. The summed E-state index contributed by atoms with van der Waals surface area (Å²) in [5, 5.41) is 16.2. The number of aliphatic carboxylic acids is 1. The summed E-state index contributed by atoms with van der Waals surface area (Å²) in [6, 6.07) is 9.15. The third-order valence-corrected chi connectivity index (χ3v) is 4.38. The number of nitrogens with one attached hydrogen (secondary N) is 1. The average molecular weight is 327 g/mol. The first-order valence-electron chi connectivity index (χ1n) is 8.27. The molecule has 1 unspecified atom stereocenters. The largest absolute Gasteiger partial charge is 0.481 e. The molecule has 0 bridgehead atoms. The van der Waals surface area contributed by atoms with Gasteiger partial charge < -0.3 is 10.4 Å². The van der Waals surface area contributed by atoms with E-state index in [1.54, 1.807) is 6.20 Å². The topological polar surface area (TPSA) is 84.2 Å². The zero-order chi connectivity index (χ0) is 16.9. The summed E-state index contributed by atoms with van der Waals surface area (Å²) in [5.41, 5.74) is 2.49. The van der Waals surface area contributed by atoms with Gasteiger partial charge >= 0.3 is 5.97 Å².